The number of carbonyl (C=O) groups is 1. The summed E-state index contributed by atoms with van der Waals surface area (Å²) in [6.45, 7) is 0. The summed E-state index contributed by atoms with van der Waals surface area (Å²) in [5.41, 5.74) is 0.811. The number of nitrogens with one attached hydrogen (secondary N) is 2. The van der Waals surface area contributed by atoms with E-state index in [1.807, 2.05) is 30.3 Å². The second kappa shape index (κ2) is 5.74. The lowest BCUT2D eigenvalue weighted by Crippen LogP contribution is -2.22. The Balaban J connectivity index is 2.26. The quantitative estimate of drug-likeness (QED) is 0.666. The minimum Gasteiger partial charge on any atom is -0.467 e. The molecule has 2 N–H and O–H groups in total. The van der Waals surface area contributed by atoms with Crippen molar-refractivity contribution in [2.45, 2.75) is 6.04 Å². The Bertz CT molecular complexity index is 579. The summed E-state index contributed by atoms with van der Waals surface area (Å²) >= 11 is 6.21. The van der Waals surface area contributed by atoms with Gasteiger partial charge in [-0.15, -0.1) is 5.10 Å². The zero-order valence-corrected chi connectivity index (χ0v) is 11.2. The van der Waals surface area contributed by atoms with E-state index in [0.717, 1.165) is 5.56 Å². The molecule has 0 aliphatic rings. The molecular weight excluding hydrogens is 270 g/mol. The minimum atomic E-state index is -0.592. The smallest absolute Gasteiger partial charge is 0.333 e. The predicted octanol–water partition coefficient (Wildman–Crippen LogP) is 2.53. The van der Waals surface area contributed by atoms with Crippen LogP contribution in [0.2, 0.25) is 0 Å². The maximum atomic E-state index is 11.8. The standard InChI is InChI=1S/C11H11N3O2S2/c1-16-9(15)8(7-5-3-2-4-6-7)12-10-13-14-11(17)18-10/h2-6,8H,1H3,(H,12,13)(H,14,17). The van der Waals surface area contributed by atoms with Crippen LogP contribution in [0.1, 0.15) is 11.6 Å². The first-order valence-electron chi connectivity index (χ1n) is 5.15. The van der Waals surface area contributed by atoms with Gasteiger partial charge >= 0.3 is 5.97 Å². The van der Waals surface area contributed by atoms with Crippen molar-refractivity contribution in [2.75, 3.05) is 12.4 Å². The average molecular weight is 281 g/mol. The maximum absolute atomic E-state index is 11.8. The van der Waals surface area contributed by atoms with Crippen LogP contribution in [-0.2, 0) is 9.53 Å². The molecule has 0 amide bonds. The number of nitrogens with zero attached hydrogens (tertiary/aromatic N) is 1. The maximum Gasteiger partial charge on any atom is 0.333 e. The molecule has 0 radical (unpaired) electrons. The van der Waals surface area contributed by atoms with Gasteiger partial charge in [-0.05, 0) is 17.8 Å². The number of anilines is 1. The molecular formula is C11H11N3O2S2. The fourth-order valence-electron chi connectivity index (χ4n) is 1.46. The third-order valence-electron chi connectivity index (χ3n) is 2.28. The highest BCUT2D eigenvalue weighted by atomic mass is 32.1. The predicted molar refractivity (Wildman–Crippen MR) is 72.1 cm³/mol. The van der Waals surface area contributed by atoms with E-state index < -0.39 is 6.04 Å². The molecule has 0 saturated carbocycles. The molecule has 94 valence electrons. The average Bonchev–Trinajstić information content (AvgIpc) is 2.82. The second-order valence-corrected chi connectivity index (χ2v) is 5.10. The third-order valence-corrected chi connectivity index (χ3v) is 3.30. The van der Waals surface area contributed by atoms with Crippen molar-refractivity contribution in [3.63, 3.8) is 0 Å². The van der Waals surface area contributed by atoms with Gasteiger partial charge in [0.05, 0.1) is 7.11 Å². The van der Waals surface area contributed by atoms with E-state index in [-0.39, 0.29) is 5.97 Å². The highest BCUT2D eigenvalue weighted by Gasteiger charge is 2.22. The number of carbonyl (C=O) groups excluding carboxylic acids is 1. The molecule has 0 saturated heterocycles. The van der Waals surface area contributed by atoms with Crippen LogP contribution in [0.25, 0.3) is 0 Å². The molecule has 0 aliphatic heterocycles. The molecule has 0 spiro atoms. The zero-order chi connectivity index (χ0) is 13.0. The van der Waals surface area contributed by atoms with Gasteiger partial charge in [0.15, 0.2) is 10.00 Å². The first-order valence-corrected chi connectivity index (χ1v) is 6.38. The van der Waals surface area contributed by atoms with Crippen LogP contribution in [-0.4, -0.2) is 23.3 Å². The lowest BCUT2D eigenvalue weighted by Gasteiger charge is -2.15. The number of aromatic amines is 1. The van der Waals surface area contributed by atoms with Crippen LogP contribution in [0.3, 0.4) is 0 Å². The number of hydrogen-bond acceptors (Lipinski definition) is 6. The summed E-state index contributed by atoms with van der Waals surface area (Å²) in [4.78, 5) is 11.8. The van der Waals surface area contributed by atoms with Gasteiger partial charge in [-0.3, -0.25) is 5.10 Å². The number of esters is 1. The van der Waals surface area contributed by atoms with Crippen molar-refractivity contribution >= 4 is 34.7 Å². The number of methoxy groups -OCH3 is 1. The lowest BCUT2D eigenvalue weighted by atomic mass is 10.1. The molecule has 0 fully saturated rings. The first kappa shape index (κ1) is 12.7. The lowest BCUT2D eigenvalue weighted by molar-refractivity contribution is -0.141. The van der Waals surface area contributed by atoms with Gasteiger partial charge in [0, 0.05) is 0 Å². The summed E-state index contributed by atoms with van der Waals surface area (Å²) in [6, 6.07) is 8.71. The van der Waals surface area contributed by atoms with Crippen molar-refractivity contribution in [3.8, 4) is 0 Å². The number of rotatable bonds is 4. The normalized spacial score (nSPS) is 11.8. The van der Waals surface area contributed by atoms with Crippen molar-refractivity contribution in [1.29, 1.82) is 0 Å². The van der Waals surface area contributed by atoms with Gasteiger partial charge in [-0.2, -0.15) is 0 Å². The van der Waals surface area contributed by atoms with Gasteiger partial charge in [-0.25, -0.2) is 4.79 Å². The Labute approximate surface area is 113 Å². The summed E-state index contributed by atoms with van der Waals surface area (Å²) in [6.07, 6.45) is 0. The fraction of sp³-hybridized carbons (Fsp3) is 0.182. The molecule has 2 rings (SSSR count). The van der Waals surface area contributed by atoms with Gasteiger partial charge in [0.2, 0.25) is 5.13 Å². The highest BCUT2D eigenvalue weighted by molar-refractivity contribution is 7.73. The minimum absolute atomic E-state index is 0.373. The molecule has 1 atom stereocenters. The van der Waals surface area contributed by atoms with Crippen LogP contribution >= 0.6 is 23.6 Å². The van der Waals surface area contributed by atoms with Gasteiger partial charge in [0.1, 0.15) is 0 Å². The van der Waals surface area contributed by atoms with Gasteiger partial charge in [0.25, 0.3) is 0 Å². The Kier molecular flexibility index (Phi) is 4.06. The number of hydrogen-bond donors (Lipinski definition) is 2. The third kappa shape index (κ3) is 2.93. The molecule has 1 aromatic heterocycles. The number of ether oxygens (including phenoxy) is 1. The summed E-state index contributed by atoms with van der Waals surface area (Å²) in [7, 11) is 1.35. The largest absolute Gasteiger partial charge is 0.467 e. The van der Waals surface area contributed by atoms with E-state index in [0.29, 0.717) is 9.09 Å². The van der Waals surface area contributed by atoms with Crippen LogP contribution in [0, 0.1) is 3.95 Å². The van der Waals surface area contributed by atoms with E-state index in [2.05, 4.69) is 15.5 Å². The molecule has 1 aromatic carbocycles. The number of benzene rings is 1. The molecule has 0 bridgehead atoms. The molecule has 1 heterocycles. The zero-order valence-electron chi connectivity index (χ0n) is 9.54. The monoisotopic (exact) mass is 281 g/mol. The van der Waals surface area contributed by atoms with E-state index in [4.69, 9.17) is 17.0 Å². The van der Waals surface area contributed by atoms with Crippen LogP contribution in [0.5, 0.6) is 0 Å². The summed E-state index contributed by atoms with van der Waals surface area (Å²) in [5, 5.41) is 10.2. The molecule has 1 unspecified atom stereocenters. The molecule has 2 aromatic rings. The van der Waals surface area contributed by atoms with Gasteiger partial charge in [-0.1, -0.05) is 41.7 Å². The van der Waals surface area contributed by atoms with E-state index in [1.165, 1.54) is 18.4 Å². The van der Waals surface area contributed by atoms with Gasteiger partial charge < -0.3 is 10.1 Å². The van der Waals surface area contributed by atoms with Crippen molar-refractivity contribution in [3.05, 3.63) is 39.8 Å². The molecule has 0 aliphatic carbocycles. The second-order valence-electron chi connectivity index (χ2n) is 3.43. The Morgan fingerprint density at radius 3 is 2.78 bits per heavy atom. The topological polar surface area (TPSA) is 67.0 Å². The Morgan fingerprint density at radius 1 is 1.50 bits per heavy atom. The van der Waals surface area contributed by atoms with E-state index in [1.54, 1.807) is 0 Å². The van der Waals surface area contributed by atoms with Crippen LogP contribution in [0.4, 0.5) is 5.13 Å². The molecule has 7 heteroatoms. The molecule has 18 heavy (non-hydrogen) atoms. The van der Waals surface area contributed by atoms with Crippen molar-refractivity contribution in [1.82, 2.24) is 10.2 Å². The number of aromatic nitrogens is 2. The van der Waals surface area contributed by atoms with Crippen LogP contribution in [0.15, 0.2) is 30.3 Å². The fourth-order valence-corrected chi connectivity index (χ4v) is 2.27. The highest BCUT2D eigenvalue weighted by Crippen LogP contribution is 2.22. The Hall–Kier alpha value is -1.73. The summed E-state index contributed by atoms with van der Waals surface area (Å²) < 4.78 is 5.34. The Morgan fingerprint density at radius 2 is 2.22 bits per heavy atom. The van der Waals surface area contributed by atoms with Crippen molar-refractivity contribution < 1.29 is 9.53 Å². The van der Waals surface area contributed by atoms with E-state index in [9.17, 15) is 4.79 Å². The SMILES string of the molecule is COC(=O)C(Nc1n[nH]c(=S)s1)c1ccccc1. The van der Waals surface area contributed by atoms with Crippen LogP contribution < -0.4 is 5.32 Å². The first-order chi connectivity index (χ1) is 8.70. The van der Waals surface area contributed by atoms with E-state index >= 15 is 0 Å². The molecule has 5 nitrogen and oxygen atoms in total. The number of H-pyrrole nitrogens is 1. The van der Waals surface area contributed by atoms with Crippen molar-refractivity contribution in [2.24, 2.45) is 0 Å². The summed E-state index contributed by atoms with van der Waals surface area (Å²) in [5.74, 6) is -0.373.